The Morgan fingerprint density at radius 3 is 1.62 bits per heavy atom. The standard InChI is InChI=1S/C36H40O5S/c1-27(2)40-36-35(42-31-21-13-6-14-22-31)34(39-25-30-19-11-5-12-20-30)33(38-24-29-17-9-4-10-18-29)32(41-36)26-37-23-28-15-7-3-8-16-28/h3-22,27,32-36H,23-26H2,1-2H3/t32-,33-,34+,35-,36-/m1/s1. The quantitative estimate of drug-likeness (QED) is 0.151. The van der Waals surface area contributed by atoms with E-state index in [-0.39, 0.29) is 17.5 Å². The van der Waals surface area contributed by atoms with E-state index in [2.05, 4.69) is 48.5 Å². The van der Waals surface area contributed by atoms with Gasteiger partial charge in [0.15, 0.2) is 6.29 Å². The number of hydrogen-bond acceptors (Lipinski definition) is 6. The van der Waals surface area contributed by atoms with Gasteiger partial charge < -0.3 is 23.7 Å². The number of thioether (sulfide) groups is 1. The van der Waals surface area contributed by atoms with Gasteiger partial charge >= 0.3 is 0 Å². The summed E-state index contributed by atoms with van der Waals surface area (Å²) in [5.41, 5.74) is 3.31. The molecule has 4 aromatic carbocycles. The molecule has 4 aromatic rings. The lowest BCUT2D eigenvalue weighted by Gasteiger charge is -2.46. The van der Waals surface area contributed by atoms with Crippen LogP contribution in [0, 0.1) is 0 Å². The molecule has 5 rings (SSSR count). The lowest BCUT2D eigenvalue weighted by Crippen LogP contribution is -2.60. The highest BCUT2D eigenvalue weighted by atomic mass is 32.2. The molecule has 1 fully saturated rings. The molecule has 1 saturated heterocycles. The Hall–Kier alpha value is -2.97. The number of ether oxygens (including phenoxy) is 5. The molecule has 42 heavy (non-hydrogen) atoms. The van der Waals surface area contributed by atoms with E-state index >= 15 is 0 Å². The number of rotatable bonds is 14. The highest BCUT2D eigenvalue weighted by Gasteiger charge is 2.49. The second-order valence-corrected chi connectivity index (χ2v) is 11.9. The molecular formula is C36H40O5S. The van der Waals surface area contributed by atoms with Crippen molar-refractivity contribution in [3.05, 3.63) is 138 Å². The van der Waals surface area contributed by atoms with Gasteiger partial charge in [-0.2, -0.15) is 0 Å². The van der Waals surface area contributed by atoms with Crippen molar-refractivity contribution in [2.45, 2.75) is 74.5 Å². The van der Waals surface area contributed by atoms with Crippen LogP contribution >= 0.6 is 11.8 Å². The van der Waals surface area contributed by atoms with Gasteiger partial charge in [0.1, 0.15) is 18.3 Å². The zero-order chi connectivity index (χ0) is 29.0. The third-order valence-corrected chi connectivity index (χ3v) is 8.28. The van der Waals surface area contributed by atoms with Crippen molar-refractivity contribution in [3.63, 3.8) is 0 Å². The number of benzene rings is 4. The first kappa shape index (κ1) is 30.5. The minimum absolute atomic E-state index is 0.0312. The van der Waals surface area contributed by atoms with Gasteiger partial charge in [0.05, 0.1) is 37.8 Å². The van der Waals surface area contributed by atoms with Gasteiger partial charge in [-0.1, -0.05) is 109 Å². The van der Waals surface area contributed by atoms with E-state index in [0.717, 1.165) is 21.6 Å². The summed E-state index contributed by atoms with van der Waals surface area (Å²) >= 11 is 1.71. The van der Waals surface area contributed by atoms with E-state index < -0.39 is 18.5 Å². The van der Waals surface area contributed by atoms with Crippen LogP contribution in [0.25, 0.3) is 0 Å². The Bertz CT molecular complexity index is 1290. The maximum Gasteiger partial charge on any atom is 0.173 e. The van der Waals surface area contributed by atoms with Crippen molar-refractivity contribution in [3.8, 4) is 0 Å². The Morgan fingerprint density at radius 2 is 1.10 bits per heavy atom. The van der Waals surface area contributed by atoms with Crippen molar-refractivity contribution >= 4 is 11.8 Å². The minimum atomic E-state index is -0.516. The first-order valence-corrected chi connectivity index (χ1v) is 15.5. The molecule has 5 nitrogen and oxygen atoms in total. The fourth-order valence-electron chi connectivity index (χ4n) is 4.96. The van der Waals surface area contributed by atoms with E-state index in [0.29, 0.717) is 26.4 Å². The van der Waals surface area contributed by atoms with Gasteiger partial charge in [0.25, 0.3) is 0 Å². The predicted octanol–water partition coefficient (Wildman–Crippen LogP) is 7.68. The zero-order valence-electron chi connectivity index (χ0n) is 24.3. The third-order valence-electron chi connectivity index (χ3n) is 6.98. The van der Waals surface area contributed by atoms with Crippen LogP contribution in [0.5, 0.6) is 0 Å². The Labute approximate surface area is 254 Å². The molecule has 0 aromatic heterocycles. The summed E-state index contributed by atoms with van der Waals surface area (Å²) in [6.07, 6.45) is -1.66. The van der Waals surface area contributed by atoms with Gasteiger partial charge in [-0.05, 0) is 42.7 Å². The molecule has 1 aliphatic heterocycles. The van der Waals surface area contributed by atoms with Crippen molar-refractivity contribution < 1.29 is 23.7 Å². The van der Waals surface area contributed by atoms with Crippen LogP contribution in [-0.4, -0.2) is 42.6 Å². The fraction of sp³-hybridized carbons (Fsp3) is 0.333. The van der Waals surface area contributed by atoms with Gasteiger partial charge in [-0.15, -0.1) is 11.8 Å². The molecule has 1 aliphatic rings. The summed E-state index contributed by atoms with van der Waals surface area (Å²) in [6, 6.07) is 41.0. The highest BCUT2D eigenvalue weighted by molar-refractivity contribution is 8.00. The second-order valence-electron chi connectivity index (χ2n) is 10.6. The topological polar surface area (TPSA) is 46.2 Å². The predicted molar refractivity (Wildman–Crippen MR) is 167 cm³/mol. The molecule has 1 heterocycles. The van der Waals surface area contributed by atoms with E-state index in [9.17, 15) is 0 Å². The van der Waals surface area contributed by atoms with Crippen LogP contribution in [-0.2, 0) is 43.5 Å². The first-order valence-electron chi connectivity index (χ1n) is 14.6. The average Bonchev–Trinajstić information content (AvgIpc) is 3.02. The second kappa shape index (κ2) is 16.0. The summed E-state index contributed by atoms with van der Waals surface area (Å²) in [5.74, 6) is 0. The molecule has 0 unspecified atom stereocenters. The largest absolute Gasteiger partial charge is 0.374 e. The summed E-state index contributed by atoms with van der Waals surface area (Å²) in [6.45, 7) is 5.79. The summed E-state index contributed by atoms with van der Waals surface area (Å²) < 4.78 is 32.9. The van der Waals surface area contributed by atoms with Crippen molar-refractivity contribution in [2.75, 3.05) is 6.61 Å². The van der Waals surface area contributed by atoms with Crippen molar-refractivity contribution in [2.24, 2.45) is 0 Å². The third kappa shape index (κ3) is 9.01. The molecule has 0 amide bonds. The molecule has 0 N–H and O–H groups in total. The van der Waals surface area contributed by atoms with E-state index in [4.69, 9.17) is 23.7 Å². The van der Waals surface area contributed by atoms with Gasteiger partial charge in [0, 0.05) is 4.90 Å². The molecule has 0 aliphatic carbocycles. The van der Waals surface area contributed by atoms with Crippen molar-refractivity contribution in [1.29, 1.82) is 0 Å². The molecule has 5 atom stereocenters. The summed E-state index contributed by atoms with van der Waals surface area (Å²) in [5, 5.41) is -0.176. The Morgan fingerprint density at radius 1 is 0.619 bits per heavy atom. The van der Waals surface area contributed by atoms with Crippen LogP contribution in [0.15, 0.2) is 126 Å². The molecule has 6 heteroatoms. The van der Waals surface area contributed by atoms with Gasteiger partial charge in [-0.25, -0.2) is 0 Å². The Kier molecular flexibility index (Phi) is 11.6. The molecular weight excluding hydrogens is 544 g/mol. The average molecular weight is 585 g/mol. The first-order chi connectivity index (χ1) is 20.7. The fourth-order valence-corrected chi connectivity index (χ4v) is 6.20. The van der Waals surface area contributed by atoms with Gasteiger partial charge in [0.2, 0.25) is 0 Å². The van der Waals surface area contributed by atoms with E-state index in [1.54, 1.807) is 11.8 Å². The van der Waals surface area contributed by atoms with Crippen LogP contribution in [0.2, 0.25) is 0 Å². The van der Waals surface area contributed by atoms with Crippen LogP contribution in [0.4, 0.5) is 0 Å². The molecule has 0 spiro atoms. The summed E-state index contributed by atoms with van der Waals surface area (Å²) in [4.78, 5) is 1.12. The maximum absolute atomic E-state index is 6.80. The monoisotopic (exact) mass is 584 g/mol. The molecule has 0 saturated carbocycles. The Balaban J connectivity index is 1.44. The van der Waals surface area contributed by atoms with E-state index in [1.807, 2.05) is 86.6 Å². The van der Waals surface area contributed by atoms with Gasteiger partial charge in [-0.3, -0.25) is 0 Å². The zero-order valence-corrected chi connectivity index (χ0v) is 25.1. The lowest BCUT2D eigenvalue weighted by atomic mass is 10.00. The van der Waals surface area contributed by atoms with Crippen molar-refractivity contribution in [1.82, 2.24) is 0 Å². The minimum Gasteiger partial charge on any atom is -0.374 e. The van der Waals surface area contributed by atoms with Crippen LogP contribution < -0.4 is 0 Å². The summed E-state index contributed by atoms with van der Waals surface area (Å²) in [7, 11) is 0. The van der Waals surface area contributed by atoms with Crippen LogP contribution in [0.3, 0.4) is 0 Å². The lowest BCUT2D eigenvalue weighted by molar-refractivity contribution is -0.281. The van der Waals surface area contributed by atoms with Crippen LogP contribution in [0.1, 0.15) is 30.5 Å². The normalized spacial score (nSPS) is 22.3. The molecule has 0 radical (unpaired) electrons. The van der Waals surface area contributed by atoms with E-state index in [1.165, 1.54) is 0 Å². The molecule has 220 valence electrons. The molecule has 0 bridgehead atoms. The maximum atomic E-state index is 6.80. The highest BCUT2D eigenvalue weighted by Crippen LogP contribution is 2.39. The smallest absolute Gasteiger partial charge is 0.173 e. The SMILES string of the molecule is CC(C)O[C@@H]1O[C@H](COCc2ccccc2)[C@@H](OCc2ccccc2)[C@H](OCc2ccccc2)[C@H]1Sc1ccccc1. The number of hydrogen-bond donors (Lipinski definition) is 0.